The number of hydrogen-bond donors (Lipinski definition) is 1. The van der Waals surface area contributed by atoms with Crippen molar-refractivity contribution < 1.29 is 9.59 Å². The zero-order chi connectivity index (χ0) is 17.6. The van der Waals surface area contributed by atoms with Gasteiger partial charge in [-0.1, -0.05) is 29.8 Å². The summed E-state index contributed by atoms with van der Waals surface area (Å²) in [5.74, 6) is 0.0573. The maximum atomic E-state index is 12.7. The molecular formula is C19H19ClN2O2S. The van der Waals surface area contributed by atoms with Crippen molar-refractivity contribution in [2.24, 2.45) is 0 Å². The fourth-order valence-corrected chi connectivity index (χ4v) is 3.64. The van der Waals surface area contributed by atoms with Crippen molar-refractivity contribution in [1.29, 1.82) is 0 Å². The molecule has 0 spiro atoms. The lowest BCUT2D eigenvalue weighted by Gasteiger charge is -2.18. The van der Waals surface area contributed by atoms with Crippen LogP contribution in [0.5, 0.6) is 0 Å². The third kappa shape index (κ3) is 4.77. The molecule has 1 N–H and O–H groups in total. The summed E-state index contributed by atoms with van der Waals surface area (Å²) >= 11 is 7.51. The second kappa shape index (κ2) is 8.41. The number of hydrogen-bond acceptors (Lipinski definition) is 3. The zero-order valence-electron chi connectivity index (χ0n) is 13.7. The Morgan fingerprint density at radius 2 is 1.80 bits per heavy atom. The van der Waals surface area contributed by atoms with E-state index in [1.165, 1.54) is 11.8 Å². The van der Waals surface area contributed by atoms with Gasteiger partial charge in [0.15, 0.2) is 0 Å². The van der Waals surface area contributed by atoms with Gasteiger partial charge >= 0.3 is 0 Å². The molecule has 0 atom stereocenters. The second-order valence-electron chi connectivity index (χ2n) is 5.84. The van der Waals surface area contributed by atoms with Gasteiger partial charge in [0.2, 0.25) is 5.91 Å². The topological polar surface area (TPSA) is 49.4 Å². The number of thioether (sulfide) groups is 1. The summed E-state index contributed by atoms with van der Waals surface area (Å²) in [6.45, 7) is 1.51. The van der Waals surface area contributed by atoms with Crippen LogP contribution in [0.3, 0.4) is 0 Å². The average molecular weight is 375 g/mol. The van der Waals surface area contributed by atoms with Crippen LogP contribution in [0.4, 0.5) is 5.69 Å². The summed E-state index contributed by atoms with van der Waals surface area (Å²) in [6.07, 6.45) is 2.03. The van der Waals surface area contributed by atoms with E-state index in [0.29, 0.717) is 16.3 Å². The Labute approximate surface area is 156 Å². The SMILES string of the molecule is O=C(CSc1ccccc1)Nc1ccc(Cl)cc1C(=O)N1CCCC1. The van der Waals surface area contributed by atoms with E-state index < -0.39 is 0 Å². The Kier molecular flexibility index (Phi) is 6.00. The van der Waals surface area contributed by atoms with E-state index in [4.69, 9.17) is 11.6 Å². The third-order valence-corrected chi connectivity index (χ3v) is 5.24. The maximum Gasteiger partial charge on any atom is 0.256 e. The molecule has 1 saturated heterocycles. The zero-order valence-corrected chi connectivity index (χ0v) is 15.3. The highest BCUT2D eigenvalue weighted by Crippen LogP contribution is 2.25. The molecule has 1 heterocycles. The average Bonchev–Trinajstić information content (AvgIpc) is 3.16. The predicted molar refractivity (Wildman–Crippen MR) is 102 cm³/mol. The molecule has 0 saturated carbocycles. The Hall–Kier alpha value is -1.98. The largest absolute Gasteiger partial charge is 0.339 e. The van der Waals surface area contributed by atoms with Crippen LogP contribution in [0.15, 0.2) is 53.4 Å². The number of carbonyl (C=O) groups excluding carboxylic acids is 2. The summed E-state index contributed by atoms with van der Waals surface area (Å²) in [7, 11) is 0. The number of carbonyl (C=O) groups is 2. The number of rotatable bonds is 5. The molecule has 1 fully saturated rings. The molecule has 0 radical (unpaired) electrons. The summed E-state index contributed by atoms with van der Waals surface area (Å²) < 4.78 is 0. The number of amides is 2. The quantitative estimate of drug-likeness (QED) is 0.793. The summed E-state index contributed by atoms with van der Waals surface area (Å²) in [6, 6.07) is 14.7. The molecule has 1 aliphatic heterocycles. The molecule has 0 aromatic heterocycles. The minimum Gasteiger partial charge on any atom is -0.339 e. The first kappa shape index (κ1) is 17.8. The number of nitrogens with one attached hydrogen (secondary N) is 1. The first-order valence-corrected chi connectivity index (χ1v) is 9.56. The molecule has 6 heteroatoms. The van der Waals surface area contributed by atoms with Crippen molar-refractivity contribution in [2.75, 3.05) is 24.2 Å². The van der Waals surface area contributed by atoms with E-state index in [2.05, 4.69) is 5.32 Å². The van der Waals surface area contributed by atoms with Crippen molar-refractivity contribution in [3.63, 3.8) is 0 Å². The van der Waals surface area contributed by atoms with Gasteiger partial charge < -0.3 is 10.2 Å². The molecule has 0 aliphatic carbocycles. The Morgan fingerprint density at radius 3 is 2.52 bits per heavy atom. The molecule has 4 nitrogen and oxygen atoms in total. The van der Waals surface area contributed by atoms with Gasteiger partial charge in [0.1, 0.15) is 0 Å². The molecular weight excluding hydrogens is 356 g/mol. The van der Waals surface area contributed by atoms with Crippen LogP contribution in [-0.4, -0.2) is 35.6 Å². The van der Waals surface area contributed by atoms with Gasteiger partial charge in [-0.15, -0.1) is 11.8 Å². The molecule has 1 aliphatic rings. The molecule has 130 valence electrons. The first-order chi connectivity index (χ1) is 12.1. The fraction of sp³-hybridized carbons (Fsp3) is 0.263. The second-order valence-corrected chi connectivity index (χ2v) is 7.32. The maximum absolute atomic E-state index is 12.7. The Bertz CT molecular complexity index is 761. The monoisotopic (exact) mass is 374 g/mol. The van der Waals surface area contributed by atoms with Crippen molar-refractivity contribution in [1.82, 2.24) is 4.90 Å². The van der Waals surface area contributed by atoms with Crippen LogP contribution in [0.2, 0.25) is 5.02 Å². The number of nitrogens with zero attached hydrogens (tertiary/aromatic N) is 1. The standard InChI is InChI=1S/C19H19ClN2O2S/c20-14-8-9-17(16(12-14)19(24)22-10-4-5-11-22)21-18(23)13-25-15-6-2-1-3-7-15/h1-3,6-9,12H,4-5,10-11,13H2,(H,21,23). The van der Waals surface area contributed by atoms with Crippen LogP contribution in [0.25, 0.3) is 0 Å². The van der Waals surface area contributed by atoms with E-state index in [1.807, 2.05) is 30.3 Å². The lowest BCUT2D eigenvalue weighted by atomic mass is 10.1. The van der Waals surface area contributed by atoms with E-state index in [-0.39, 0.29) is 17.6 Å². The predicted octanol–water partition coefficient (Wildman–Crippen LogP) is 4.31. The van der Waals surface area contributed by atoms with Crippen molar-refractivity contribution >= 4 is 40.9 Å². The highest BCUT2D eigenvalue weighted by atomic mass is 35.5. The number of anilines is 1. The Morgan fingerprint density at radius 1 is 1.08 bits per heavy atom. The van der Waals surface area contributed by atoms with Crippen LogP contribution in [0.1, 0.15) is 23.2 Å². The minimum absolute atomic E-state index is 0.0778. The van der Waals surface area contributed by atoms with Crippen LogP contribution < -0.4 is 5.32 Å². The third-order valence-electron chi connectivity index (χ3n) is 3.99. The smallest absolute Gasteiger partial charge is 0.256 e. The van der Waals surface area contributed by atoms with E-state index in [1.54, 1.807) is 23.1 Å². The van der Waals surface area contributed by atoms with Crippen LogP contribution in [0, 0.1) is 0 Å². The van der Waals surface area contributed by atoms with Crippen molar-refractivity contribution in [2.45, 2.75) is 17.7 Å². The first-order valence-electron chi connectivity index (χ1n) is 8.20. The van der Waals surface area contributed by atoms with Gasteiger partial charge in [-0.25, -0.2) is 0 Å². The van der Waals surface area contributed by atoms with Crippen molar-refractivity contribution in [3.8, 4) is 0 Å². The lowest BCUT2D eigenvalue weighted by molar-refractivity contribution is -0.113. The highest BCUT2D eigenvalue weighted by Gasteiger charge is 2.22. The van der Waals surface area contributed by atoms with E-state index in [9.17, 15) is 9.59 Å². The fourth-order valence-electron chi connectivity index (χ4n) is 2.74. The van der Waals surface area contributed by atoms with Gasteiger partial charge in [-0.2, -0.15) is 0 Å². The normalized spacial score (nSPS) is 13.7. The minimum atomic E-state index is -0.147. The molecule has 3 rings (SSSR count). The van der Waals surface area contributed by atoms with E-state index >= 15 is 0 Å². The number of benzene rings is 2. The molecule has 25 heavy (non-hydrogen) atoms. The van der Waals surface area contributed by atoms with Gasteiger partial charge in [0, 0.05) is 23.0 Å². The van der Waals surface area contributed by atoms with Gasteiger partial charge in [-0.3, -0.25) is 9.59 Å². The molecule has 2 amide bonds. The van der Waals surface area contributed by atoms with Gasteiger partial charge in [0.05, 0.1) is 17.0 Å². The van der Waals surface area contributed by atoms with E-state index in [0.717, 1.165) is 30.8 Å². The molecule has 0 unspecified atom stereocenters. The van der Waals surface area contributed by atoms with Crippen LogP contribution in [-0.2, 0) is 4.79 Å². The van der Waals surface area contributed by atoms with Crippen LogP contribution >= 0.6 is 23.4 Å². The summed E-state index contributed by atoms with van der Waals surface area (Å²) in [5.41, 5.74) is 0.965. The molecule has 2 aromatic carbocycles. The summed E-state index contributed by atoms with van der Waals surface area (Å²) in [5, 5.41) is 3.33. The Balaban J connectivity index is 1.68. The molecule has 2 aromatic rings. The lowest BCUT2D eigenvalue weighted by Crippen LogP contribution is -2.29. The number of halogens is 1. The van der Waals surface area contributed by atoms with Gasteiger partial charge in [0.25, 0.3) is 5.91 Å². The highest BCUT2D eigenvalue weighted by molar-refractivity contribution is 8.00. The molecule has 0 bridgehead atoms. The van der Waals surface area contributed by atoms with Crippen molar-refractivity contribution in [3.05, 3.63) is 59.1 Å². The summed E-state index contributed by atoms with van der Waals surface area (Å²) in [4.78, 5) is 27.8. The number of likely N-dealkylation sites (tertiary alicyclic amines) is 1. The van der Waals surface area contributed by atoms with Gasteiger partial charge in [-0.05, 0) is 43.2 Å².